The van der Waals surface area contributed by atoms with Crippen LogP contribution in [-0.4, -0.2) is 43.7 Å². The van der Waals surface area contributed by atoms with Gasteiger partial charge in [0.1, 0.15) is 5.82 Å². The van der Waals surface area contributed by atoms with Crippen molar-refractivity contribution in [3.8, 4) is 5.75 Å². The molecule has 0 saturated carbocycles. The zero-order chi connectivity index (χ0) is 19.9. The topological polar surface area (TPSA) is 61.8 Å². The molecular formula is C20H25ClFN5O. The highest BCUT2D eigenvalue weighted by Gasteiger charge is 2.25. The fraction of sp³-hybridized carbons (Fsp3) is 0.400. The van der Waals surface area contributed by atoms with E-state index < -0.39 is 0 Å². The summed E-state index contributed by atoms with van der Waals surface area (Å²) in [6.07, 6.45) is 2.70. The molecule has 6 nitrogen and oxygen atoms in total. The molecule has 2 aromatic rings. The van der Waals surface area contributed by atoms with Gasteiger partial charge in [0.05, 0.1) is 11.6 Å². The average molecular weight is 406 g/mol. The van der Waals surface area contributed by atoms with E-state index in [-0.39, 0.29) is 17.6 Å². The molecule has 150 valence electrons. The lowest BCUT2D eigenvalue weighted by molar-refractivity contribution is 0.321. The van der Waals surface area contributed by atoms with E-state index in [1.807, 2.05) is 25.1 Å². The second-order valence-corrected chi connectivity index (χ2v) is 6.92. The van der Waals surface area contributed by atoms with E-state index in [0.717, 1.165) is 30.9 Å². The van der Waals surface area contributed by atoms with Crippen LogP contribution >= 0.6 is 11.6 Å². The number of nitrogens with zero attached hydrogens (tertiary/aromatic N) is 3. The molecule has 0 amide bonds. The standard InChI is InChI=1S/C20H25ClFN5O/c1-3-28-18-7-6-14(11-17(18)22)12-25-20(23-2)26-15-8-10-27(13-15)19-16(21)5-4-9-24-19/h4-7,9,11,15H,3,8,10,12-13H2,1-2H3,(H2,23,25,26). The molecule has 3 rings (SSSR count). The first-order valence-corrected chi connectivity index (χ1v) is 9.72. The monoisotopic (exact) mass is 405 g/mol. The number of rotatable bonds is 6. The SMILES string of the molecule is CCOc1ccc(CNC(=NC)NC2CCN(c3ncccc3Cl)C2)cc1F. The normalized spacial score (nSPS) is 16.9. The Morgan fingerprint density at radius 2 is 2.29 bits per heavy atom. The first kappa shape index (κ1) is 20.2. The molecule has 1 aromatic carbocycles. The first-order chi connectivity index (χ1) is 13.6. The lowest BCUT2D eigenvalue weighted by Gasteiger charge is -2.20. The highest BCUT2D eigenvalue weighted by Crippen LogP contribution is 2.25. The van der Waals surface area contributed by atoms with Gasteiger partial charge in [-0.05, 0) is 43.2 Å². The van der Waals surface area contributed by atoms with Gasteiger partial charge in [-0.15, -0.1) is 0 Å². The molecule has 1 unspecified atom stereocenters. The molecule has 0 spiro atoms. The van der Waals surface area contributed by atoms with Crippen molar-refractivity contribution in [1.82, 2.24) is 15.6 Å². The first-order valence-electron chi connectivity index (χ1n) is 9.34. The van der Waals surface area contributed by atoms with Gasteiger partial charge in [0.2, 0.25) is 0 Å². The third kappa shape index (κ3) is 5.04. The fourth-order valence-electron chi connectivity index (χ4n) is 3.18. The van der Waals surface area contributed by atoms with E-state index >= 15 is 0 Å². The number of anilines is 1. The minimum absolute atomic E-state index is 0.223. The molecule has 0 radical (unpaired) electrons. The maximum atomic E-state index is 14.0. The van der Waals surface area contributed by atoms with Crippen LogP contribution in [0, 0.1) is 5.82 Å². The Balaban J connectivity index is 1.53. The number of ether oxygens (including phenoxy) is 1. The van der Waals surface area contributed by atoms with Crippen molar-refractivity contribution in [2.75, 3.05) is 31.6 Å². The van der Waals surface area contributed by atoms with Gasteiger partial charge in [0, 0.05) is 38.9 Å². The molecule has 1 atom stereocenters. The van der Waals surface area contributed by atoms with E-state index in [2.05, 4.69) is 25.5 Å². The van der Waals surface area contributed by atoms with Gasteiger partial charge in [0.15, 0.2) is 17.5 Å². The Hall–Kier alpha value is -2.54. The van der Waals surface area contributed by atoms with E-state index in [4.69, 9.17) is 16.3 Å². The van der Waals surface area contributed by atoms with Gasteiger partial charge in [-0.1, -0.05) is 17.7 Å². The minimum Gasteiger partial charge on any atom is -0.491 e. The van der Waals surface area contributed by atoms with Gasteiger partial charge in [-0.3, -0.25) is 4.99 Å². The zero-order valence-electron chi connectivity index (χ0n) is 16.1. The highest BCUT2D eigenvalue weighted by molar-refractivity contribution is 6.32. The van der Waals surface area contributed by atoms with E-state index in [1.165, 1.54) is 6.07 Å². The molecule has 1 aliphatic heterocycles. The summed E-state index contributed by atoms with van der Waals surface area (Å²) in [5.74, 6) is 1.39. The summed E-state index contributed by atoms with van der Waals surface area (Å²) in [5, 5.41) is 7.29. The van der Waals surface area contributed by atoms with Crippen LogP contribution < -0.4 is 20.3 Å². The number of hydrogen-bond acceptors (Lipinski definition) is 4. The summed E-state index contributed by atoms with van der Waals surface area (Å²) in [6, 6.07) is 8.87. The molecule has 2 N–H and O–H groups in total. The maximum Gasteiger partial charge on any atom is 0.191 e. The minimum atomic E-state index is -0.359. The third-order valence-corrected chi connectivity index (χ3v) is 4.84. The molecule has 0 aliphatic carbocycles. The number of halogens is 2. The Morgan fingerprint density at radius 3 is 3.00 bits per heavy atom. The zero-order valence-corrected chi connectivity index (χ0v) is 16.8. The molecule has 8 heteroatoms. The second kappa shape index (κ2) is 9.59. The van der Waals surface area contributed by atoms with Crippen molar-refractivity contribution >= 4 is 23.4 Å². The Morgan fingerprint density at radius 1 is 1.43 bits per heavy atom. The molecule has 1 aromatic heterocycles. The Bertz CT molecular complexity index is 832. The number of pyridine rings is 1. The van der Waals surface area contributed by atoms with Crippen LogP contribution in [-0.2, 0) is 6.54 Å². The maximum absolute atomic E-state index is 14.0. The lowest BCUT2D eigenvalue weighted by Crippen LogP contribution is -2.44. The number of hydrogen-bond donors (Lipinski definition) is 2. The van der Waals surface area contributed by atoms with E-state index in [1.54, 1.807) is 19.3 Å². The van der Waals surface area contributed by atoms with Gasteiger partial charge >= 0.3 is 0 Å². The lowest BCUT2D eigenvalue weighted by atomic mass is 10.2. The van der Waals surface area contributed by atoms with Crippen LogP contribution in [0.1, 0.15) is 18.9 Å². The summed E-state index contributed by atoms with van der Waals surface area (Å²) in [6.45, 7) is 4.39. The van der Waals surface area contributed by atoms with Gasteiger partial charge in [0.25, 0.3) is 0 Å². The number of aliphatic imine (C=N–C) groups is 1. The van der Waals surface area contributed by atoms with Crippen molar-refractivity contribution in [1.29, 1.82) is 0 Å². The van der Waals surface area contributed by atoms with Crippen LogP contribution in [0.2, 0.25) is 5.02 Å². The number of nitrogens with one attached hydrogen (secondary N) is 2. The molecule has 1 saturated heterocycles. The van der Waals surface area contributed by atoms with Crippen LogP contribution in [0.3, 0.4) is 0 Å². The molecule has 0 bridgehead atoms. The summed E-state index contributed by atoms with van der Waals surface area (Å²) in [5.41, 5.74) is 0.817. The highest BCUT2D eigenvalue weighted by atomic mass is 35.5. The van der Waals surface area contributed by atoms with E-state index in [0.29, 0.717) is 24.1 Å². The fourth-order valence-corrected chi connectivity index (χ4v) is 3.42. The Labute approximate surface area is 169 Å². The quantitative estimate of drug-likeness (QED) is 0.570. The largest absolute Gasteiger partial charge is 0.491 e. The van der Waals surface area contributed by atoms with Crippen molar-refractivity contribution in [2.45, 2.75) is 25.9 Å². The summed E-state index contributed by atoms with van der Waals surface area (Å²) < 4.78 is 19.2. The van der Waals surface area contributed by atoms with Crippen LogP contribution in [0.25, 0.3) is 0 Å². The van der Waals surface area contributed by atoms with Crippen molar-refractivity contribution < 1.29 is 9.13 Å². The van der Waals surface area contributed by atoms with Gasteiger partial charge in [-0.25, -0.2) is 9.37 Å². The summed E-state index contributed by atoms with van der Waals surface area (Å²) in [4.78, 5) is 10.8. The molecule has 1 fully saturated rings. The Kier molecular flexibility index (Phi) is 6.92. The molecular weight excluding hydrogens is 381 g/mol. The van der Waals surface area contributed by atoms with Crippen molar-refractivity contribution in [2.24, 2.45) is 4.99 Å². The predicted octanol–water partition coefficient (Wildman–Crippen LogP) is 3.22. The average Bonchev–Trinajstić information content (AvgIpc) is 3.16. The number of benzene rings is 1. The second-order valence-electron chi connectivity index (χ2n) is 6.51. The van der Waals surface area contributed by atoms with E-state index in [9.17, 15) is 4.39 Å². The molecule has 1 aliphatic rings. The van der Waals surface area contributed by atoms with Gasteiger partial charge < -0.3 is 20.3 Å². The number of guanidine groups is 1. The summed E-state index contributed by atoms with van der Waals surface area (Å²) >= 11 is 6.25. The molecule has 2 heterocycles. The number of aromatic nitrogens is 1. The van der Waals surface area contributed by atoms with Crippen molar-refractivity contribution in [3.63, 3.8) is 0 Å². The molecule has 28 heavy (non-hydrogen) atoms. The third-order valence-electron chi connectivity index (χ3n) is 4.55. The predicted molar refractivity (Wildman–Crippen MR) is 111 cm³/mol. The van der Waals surface area contributed by atoms with Gasteiger partial charge in [-0.2, -0.15) is 0 Å². The van der Waals surface area contributed by atoms with Crippen LogP contribution in [0.4, 0.5) is 10.2 Å². The van der Waals surface area contributed by atoms with Crippen LogP contribution in [0.15, 0.2) is 41.5 Å². The smallest absolute Gasteiger partial charge is 0.191 e. The van der Waals surface area contributed by atoms with Crippen LogP contribution in [0.5, 0.6) is 5.75 Å². The summed E-state index contributed by atoms with van der Waals surface area (Å²) in [7, 11) is 1.72. The van der Waals surface area contributed by atoms with Crippen molar-refractivity contribution in [3.05, 3.63) is 52.9 Å².